The van der Waals surface area contributed by atoms with Gasteiger partial charge in [0.05, 0.1) is 0 Å². The molecular formula is C20H22FNO2. The van der Waals surface area contributed by atoms with E-state index in [1.165, 1.54) is 22.6 Å². The normalized spacial score (nSPS) is 20.4. The van der Waals surface area contributed by atoms with Crippen molar-refractivity contribution in [3.05, 3.63) is 66.0 Å². The fourth-order valence-electron chi connectivity index (χ4n) is 3.23. The molecule has 0 radical (unpaired) electrons. The lowest BCUT2D eigenvalue weighted by atomic mass is 9.83. The van der Waals surface area contributed by atoms with E-state index in [9.17, 15) is 9.18 Å². The SMILES string of the molecule is CN(C(=O)OC1CCC(c2ccccc2)CC1)c1ccc(F)cc1. The zero-order chi connectivity index (χ0) is 16.9. The maximum atomic E-state index is 13.0. The lowest BCUT2D eigenvalue weighted by Gasteiger charge is -2.30. The lowest BCUT2D eigenvalue weighted by Crippen LogP contribution is -2.32. The van der Waals surface area contributed by atoms with Crippen molar-refractivity contribution in [3.63, 3.8) is 0 Å². The van der Waals surface area contributed by atoms with Crippen LogP contribution < -0.4 is 4.90 Å². The Hall–Kier alpha value is -2.36. The standard InChI is InChI=1S/C20H22FNO2/c1-22(18-11-9-17(21)10-12-18)20(23)24-19-13-7-16(8-14-19)15-5-3-2-4-6-15/h2-6,9-12,16,19H,7-8,13-14H2,1H3. The van der Waals surface area contributed by atoms with E-state index < -0.39 is 0 Å². The molecule has 2 aromatic rings. The molecule has 1 aliphatic carbocycles. The number of carbonyl (C=O) groups is 1. The van der Waals surface area contributed by atoms with Gasteiger partial charge in [-0.1, -0.05) is 30.3 Å². The summed E-state index contributed by atoms with van der Waals surface area (Å²) < 4.78 is 18.6. The maximum absolute atomic E-state index is 13.0. The molecule has 1 saturated carbocycles. The van der Waals surface area contributed by atoms with E-state index in [1.807, 2.05) is 6.07 Å². The van der Waals surface area contributed by atoms with E-state index in [0.717, 1.165) is 25.7 Å². The van der Waals surface area contributed by atoms with Crippen LogP contribution in [0, 0.1) is 5.82 Å². The summed E-state index contributed by atoms with van der Waals surface area (Å²) in [6.45, 7) is 0. The van der Waals surface area contributed by atoms with Crippen LogP contribution in [0.5, 0.6) is 0 Å². The highest BCUT2D eigenvalue weighted by atomic mass is 19.1. The summed E-state index contributed by atoms with van der Waals surface area (Å²) >= 11 is 0. The summed E-state index contributed by atoms with van der Waals surface area (Å²) in [5, 5.41) is 0. The third-order valence-corrected chi connectivity index (χ3v) is 4.70. The van der Waals surface area contributed by atoms with Crippen LogP contribution in [-0.2, 0) is 4.74 Å². The van der Waals surface area contributed by atoms with Gasteiger partial charge in [-0.05, 0) is 61.4 Å². The summed E-state index contributed by atoms with van der Waals surface area (Å²) in [7, 11) is 1.64. The van der Waals surface area contributed by atoms with Crippen molar-refractivity contribution in [1.82, 2.24) is 0 Å². The first-order chi connectivity index (χ1) is 11.6. The molecule has 0 bridgehead atoms. The number of nitrogens with zero attached hydrogens (tertiary/aromatic N) is 1. The minimum atomic E-state index is -0.384. The van der Waals surface area contributed by atoms with Gasteiger partial charge in [0.2, 0.25) is 0 Å². The highest BCUT2D eigenvalue weighted by Gasteiger charge is 2.26. The number of benzene rings is 2. The third-order valence-electron chi connectivity index (χ3n) is 4.70. The molecule has 0 unspecified atom stereocenters. The van der Waals surface area contributed by atoms with Crippen LogP contribution >= 0.6 is 0 Å². The number of carbonyl (C=O) groups excluding carboxylic acids is 1. The first-order valence-corrected chi connectivity index (χ1v) is 8.38. The molecule has 0 atom stereocenters. The Kier molecular flexibility index (Phi) is 5.14. The van der Waals surface area contributed by atoms with E-state index >= 15 is 0 Å². The Morgan fingerprint density at radius 3 is 2.25 bits per heavy atom. The minimum absolute atomic E-state index is 0.0413. The molecule has 24 heavy (non-hydrogen) atoms. The number of hydrogen-bond donors (Lipinski definition) is 0. The zero-order valence-electron chi connectivity index (χ0n) is 13.8. The number of ether oxygens (including phenoxy) is 1. The number of rotatable bonds is 3. The number of halogens is 1. The second-order valence-corrected chi connectivity index (χ2v) is 6.30. The highest BCUT2D eigenvalue weighted by Crippen LogP contribution is 2.34. The molecule has 0 heterocycles. The molecular weight excluding hydrogens is 305 g/mol. The van der Waals surface area contributed by atoms with E-state index in [4.69, 9.17) is 4.74 Å². The maximum Gasteiger partial charge on any atom is 0.414 e. The third kappa shape index (κ3) is 3.94. The first-order valence-electron chi connectivity index (χ1n) is 8.38. The minimum Gasteiger partial charge on any atom is -0.446 e. The van der Waals surface area contributed by atoms with E-state index in [0.29, 0.717) is 11.6 Å². The Morgan fingerprint density at radius 1 is 1.00 bits per heavy atom. The molecule has 3 rings (SSSR count). The van der Waals surface area contributed by atoms with Gasteiger partial charge in [-0.2, -0.15) is 0 Å². The van der Waals surface area contributed by atoms with Crippen molar-refractivity contribution < 1.29 is 13.9 Å². The zero-order valence-corrected chi connectivity index (χ0v) is 13.8. The molecule has 0 aliphatic heterocycles. The summed E-state index contributed by atoms with van der Waals surface area (Å²) in [5.41, 5.74) is 1.99. The molecule has 4 heteroatoms. The summed E-state index contributed by atoms with van der Waals surface area (Å²) in [6, 6.07) is 16.3. The van der Waals surface area contributed by atoms with Crippen LogP contribution in [0.4, 0.5) is 14.9 Å². The summed E-state index contributed by atoms with van der Waals surface area (Å²) in [5.74, 6) is 0.232. The number of amides is 1. The van der Waals surface area contributed by atoms with Gasteiger partial charge in [-0.15, -0.1) is 0 Å². The Morgan fingerprint density at radius 2 is 1.62 bits per heavy atom. The molecule has 0 aromatic heterocycles. The predicted molar refractivity (Wildman–Crippen MR) is 92.7 cm³/mol. The molecule has 2 aromatic carbocycles. The quantitative estimate of drug-likeness (QED) is 0.782. The molecule has 1 aliphatic rings. The average Bonchev–Trinajstić information content (AvgIpc) is 2.63. The second kappa shape index (κ2) is 7.47. The summed E-state index contributed by atoms with van der Waals surface area (Å²) in [6.07, 6.45) is 3.39. The van der Waals surface area contributed by atoms with Crippen molar-refractivity contribution in [2.75, 3.05) is 11.9 Å². The van der Waals surface area contributed by atoms with Crippen LogP contribution in [0.3, 0.4) is 0 Å². The molecule has 3 nitrogen and oxygen atoms in total. The van der Waals surface area contributed by atoms with Crippen molar-refractivity contribution in [1.29, 1.82) is 0 Å². The van der Waals surface area contributed by atoms with Gasteiger partial charge in [-0.25, -0.2) is 9.18 Å². The van der Waals surface area contributed by atoms with Crippen molar-refractivity contribution in [2.45, 2.75) is 37.7 Å². The lowest BCUT2D eigenvalue weighted by molar-refractivity contribution is 0.0776. The average molecular weight is 327 g/mol. The van der Waals surface area contributed by atoms with Gasteiger partial charge in [0, 0.05) is 12.7 Å². The second-order valence-electron chi connectivity index (χ2n) is 6.30. The van der Waals surface area contributed by atoms with E-state index in [1.54, 1.807) is 19.2 Å². The van der Waals surface area contributed by atoms with Crippen LogP contribution in [0.15, 0.2) is 54.6 Å². The fourth-order valence-corrected chi connectivity index (χ4v) is 3.23. The van der Waals surface area contributed by atoms with Gasteiger partial charge < -0.3 is 4.74 Å². The fraction of sp³-hybridized carbons (Fsp3) is 0.350. The molecule has 126 valence electrons. The van der Waals surface area contributed by atoms with Crippen molar-refractivity contribution in [3.8, 4) is 0 Å². The largest absolute Gasteiger partial charge is 0.446 e. The Balaban J connectivity index is 1.52. The molecule has 1 amide bonds. The topological polar surface area (TPSA) is 29.5 Å². The van der Waals surface area contributed by atoms with Crippen LogP contribution in [0.1, 0.15) is 37.2 Å². The van der Waals surface area contributed by atoms with Gasteiger partial charge in [0.1, 0.15) is 11.9 Å². The van der Waals surface area contributed by atoms with Gasteiger partial charge in [-0.3, -0.25) is 4.90 Å². The van der Waals surface area contributed by atoms with Gasteiger partial charge in [0.15, 0.2) is 0 Å². The van der Waals surface area contributed by atoms with Crippen molar-refractivity contribution >= 4 is 11.8 Å². The van der Waals surface area contributed by atoms with Crippen LogP contribution in [0.2, 0.25) is 0 Å². The van der Waals surface area contributed by atoms with Gasteiger partial charge in [0.25, 0.3) is 0 Å². The Bertz CT molecular complexity index is 664. The van der Waals surface area contributed by atoms with Crippen LogP contribution in [-0.4, -0.2) is 19.2 Å². The molecule has 0 spiro atoms. The smallest absolute Gasteiger partial charge is 0.414 e. The predicted octanol–water partition coefficient (Wildman–Crippen LogP) is 5.12. The van der Waals surface area contributed by atoms with Crippen molar-refractivity contribution in [2.24, 2.45) is 0 Å². The number of hydrogen-bond acceptors (Lipinski definition) is 2. The van der Waals surface area contributed by atoms with E-state index in [-0.39, 0.29) is 18.0 Å². The molecule has 0 saturated heterocycles. The van der Waals surface area contributed by atoms with Crippen LogP contribution in [0.25, 0.3) is 0 Å². The highest BCUT2D eigenvalue weighted by molar-refractivity contribution is 5.86. The first kappa shape index (κ1) is 16.5. The summed E-state index contributed by atoms with van der Waals surface area (Å²) in [4.78, 5) is 13.7. The monoisotopic (exact) mass is 327 g/mol. The molecule has 1 fully saturated rings. The van der Waals surface area contributed by atoms with E-state index in [2.05, 4.69) is 24.3 Å². The number of anilines is 1. The van der Waals surface area contributed by atoms with Gasteiger partial charge >= 0.3 is 6.09 Å². The molecule has 0 N–H and O–H groups in total. The Labute approximate surface area is 142 Å².